The van der Waals surface area contributed by atoms with E-state index in [0.717, 1.165) is 33.4 Å². The minimum atomic E-state index is -4.98. The lowest BCUT2D eigenvalue weighted by Crippen LogP contribution is -2.40. The van der Waals surface area contributed by atoms with Gasteiger partial charge in [0.2, 0.25) is 5.96 Å². The Bertz CT molecular complexity index is 1480. The summed E-state index contributed by atoms with van der Waals surface area (Å²) in [5.74, 6) is 0.381. The molecular formula is C31H30F6N4. The Kier molecular flexibility index (Phi) is 8.12. The number of nitriles is 1. The normalized spacial score (nSPS) is 17.5. The van der Waals surface area contributed by atoms with Crippen LogP contribution in [0.15, 0.2) is 59.6 Å². The summed E-state index contributed by atoms with van der Waals surface area (Å²) < 4.78 is 81.4. The first-order chi connectivity index (χ1) is 19.1. The van der Waals surface area contributed by atoms with E-state index in [1.807, 2.05) is 32.0 Å². The fourth-order valence-electron chi connectivity index (χ4n) is 5.14. The van der Waals surface area contributed by atoms with Crippen molar-refractivity contribution in [3.8, 4) is 17.3 Å². The van der Waals surface area contributed by atoms with Crippen molar-refractivity contribution in [3.05, 3.63) is 93.5 Å². The summed E-state index contributed by atoms with van der Waals surface area (Å²) in [4.78, 5) is 6.12. The zero-order chi connectivity index (χ0) is 30.3. The fourth-order valence-corrected chi connectivity index (χ4v) is 5.14. The molecule has 2 atom stereocenters. The van der Waals surface area contributed by atoms with Crippen molar-refractivity contribution in [2.45, 2.75) is 71.5 Å². The summed E-state index contributed by atoms with van der Waals surface area (Å²) in [6.45, 7) is 10.0. The zero-order valence-electron chi connectivity index (χ0n) is 23.2. The van der Waals surface area contributed by atoms with E-state index < -0.39 is 35.6 Å². The van der Waals surface area contributed by atoms with Gasteiger partial charge in [-0.15, -0.1) is 0 Å². The van der Waals surface area contributed by atoms with Gasteiger partial charge in [0.1, 0.15) is 0 Å². The summed E-state index contributed by atoms with van der Waals surface area (Å²) in [6, 6.07) is 12.0. The topological polar surface area (TPSA) is 51.4 Å². The molecule has 1 aliphatic heterocycles. The molecule has 10 heteroatoms. The van der Waals surface area contributed by atoms with Crippen LogP contribution in [0.25, 0.3) is 11.1 Å². The second-order valence-corrected chi connectivity index (χ2v) is 10.7. The van der Waals surface area contributed by atoms with Crippen LogP contribution in [0, 0.1) is 25.3 Å². The number of halogens is 6. The summed E-state index contributed by atoms with van der Waals surface area (Å²) in [5.41, 5.74) is 3.00. The average Bonchev–Trinajstić information content (AvgIpc) is 3.18. The molecule has 41 heavy (non-hydrogen) atoms. The summed E-state index contributed by atoms with van der Waals surface area (Å²) in [7, 11) is 0. The SMILES string of the molecule is Cc1ccc(-c2cc(C(C)C)ccc2C)c(CN2C(NC#N)=N[C@H](c3cc(C(F)(F)F)cc(C(F)(F)F)c3)[C@@H]2C)c1. The highest BCUT2D eigenvalue weighted by atomic mass is 19.4. The Balaban J connectivity index is 1.79. The molecule has 1 N–H and O–H groups in total. The second kappa shape index (κ2) is 11.1. The highest BCUT2D eigenvalue weighted by molar-refractivity contribution is 5.84. The van der Waals surface area contributed by atoms with Crippen molar-refractivity contribution in [1.29, 1.82) is 5.26 Å². The van der Waals surface area contributed by atoms with Gasteiger partial charge in [-0.2, -0.15) is 31.6 Å². The molecule has 0 bridgehead atoms. The molecule has 1 aliphatic rings. The van der Waals surface area contributed by atoms with E-state index in [1.165, 1.54) is 0 Å². The predicted molar refractivity (Wildman–Crippen MR) is 146 cm³/mol. The third-order valence-corrected chi connectivity index (χ3v) is 7.42. The van der Waals surface area contributed by atoms with Gasteiger partial charge in [-0.25, -0.2) is 4.99 Å². The quantitative estimate of drug-likeness (QED) is 0.190. The molecule has 3 aromatic rings. The Morgan fingerprint density at radius 3 is 2.10 bits per heavy atom. The molecule has 0 aliphatic carbocycles. The van der Waals surface area contributed by atoms with Crippen molar-refractivity contribution in [2.24, 2.45) is 4.99 Å². The van der Waals surface area contributed by atoms with Crippen LogP contribution < -0.4 is 5.32 Å². The number of nitrogens with one attached hydrogen (secondary N) is 1. The average molecular weight is 573 g/mol. The van der Waals surface area contributed by atoms with E-state index in [1.54, 1.807) is 18.0 Å². The van der Waals surface area contributed by atoms with E-state index in [0.29, 0.717) is 18.1 Å². The van der Waals surface area contributed by atoms with E-state index >= 15 is 0 Å². The van der Waals surface area contributed by atoms with E-state index in [2.05, 4.69) is 42.4 Å². The van der Waals surface area contributed by atoms with Crippen LogP contribution in [-0.2, 0) is 18.9 Å². The van der Waals surface area contributed by atoms with Gasteiger partial charge in [-0.05, 0) is 78.3 Å². The standard InChI is InChI=1S/C31H30F6N4/c1-17(2)21-8-7-19(4)27(13-21)26-9-6-18(3)10-23(26)15-41-20(5)28(40-29(41)39-16-38)22-11-24(30(32,33)34)14-25(12-22)31(35,36)37/h6-14,17,20,28H,15H2,1-5H3,(H,39,40)/t20-,28-/m0/s1. The number of alkyl halides is 6. The molecular weight excluding hydrogens is 542 g/mol. The first-order valence-electron chi connectivity index (χ1n) is 13.1. The van der Waals surface area contributed by atoms with Crippen molar-refractivity contribution in [2.75, 3.05) is 0 Å². The minimum absolute atomic E-state index is 0.0797. The predicted octanol–water partition coefficient (Wildman–Crippen LogP) is 8.50. The smallest absolute Gasteiger partial charge is 0.333 e. The van der Waals surface area contributed by atoms with Crippen molar-refractivity contribution in [1.82, 2.24) is 10.2 Å². The van der Waals surface area contributed by atoms with E-state index in [9.17, 15) is 31.6 Å². The number of rotatable bonds is 5. The number of guanidine groups is 1. The fraction of sp³-hybridized carbons (Fsp3) is 0.355. The van der Waals surface area contributed by atoms with Gasteiger partial charge < -0.3 is 4.90 Å². The minimum Gasteiger partial charge on any atom is -0.333 e. The molecule has 0 radical (unpaired) electrons. The third-order valence-electron chi connectivity index (χ3n) is 7.42. The van der Waals surface area contributed by atoms with Gasteiger partial charge >= 0.3 is 12.4 Å². The van der Waals surface area contributed by atoms with Crippen molar-refractivity contribution in [3.63, 3.8) is 0 Å². The zero-order valence-corrected chi connectivity index (χ0v) is 23.2. The maximum absolute atomic E-state index is 13.6. The maximum Gasteiger partial charge on any atom is 0.416 e. The monoisotopic (exact) mass is 572 g/mol. The van der Waals surface area contributed by atoms with Crippen LogP contribution in [-0.4, -0.2) is 16.9 Å². The highest BCUT2D eigenvalue weighted by Crippen LogP contribution is 2.41. The van der Waals surface area contributed by atoms with Gasteiger partial charge in [0.05, 0.1) is 23.2 Å². The number of hydrogen-bond donors (Lipinski definition) is 1. The molecule has 0 spiro atoms. The molecule has 4 nitrogen and oxygen atoms in total. The molecule has 0 saturated heterocycles. The van der Waals surface area contributed by atoms with Crippen LogP contribution >= 0.6 is 0 Å². The molecule has 0 amide bonds. The molecule has 1 heterocycles. The van der Waals surface area contributed by atoms with Crippen LogP contribution in [0.3, 0.4) is 0 Å². The lowest BCUT2D eigenvalue weighted by atomic mass is 9.90. The Labute approximate surface area is 235 Å². The maximum atomic E-state index is 13.6. The summed E-state index contributed by atoms with van der Waals surface area (Å²) >= 11 is 0. The molecule has 0 aromatic heterocycles. The van der Waals surface area contributed by atoms with Gasteiger partial charge in [0.15, 0.2) is 6.19 Å². The molecule has 0 fully saturated rings. The Hall–Kier alpha value is -4.00. The lowest BCUT2D eigenvalue weighted by Gasteiger charge is -2.29. The van der Waals surface area contributed by atoms with Crippen molar-refractivity contribution >= 4 is 5.96 Å². The summed E-state index contributed by atoms with van der Waals surface area (Å²) in [5, 5.41) is 11.9. The highest BCUT2D eigenvalue weighted by Gasteiger charge is 2.40. The molecule has 216 valence electrons. The third kappa shape index (κ3) is 6.34. The molecule has 4 rings (SSSR count). The van der Waals surface area contributed by atoms with Crippen LogP contribution in [0.5, 0.6) is 0 Å². The van der Waals surface area contributed by atoms with E-state index in [4.69, 9.17) is 0 Å². The first-order valence-corrected chi connectivity index (χ1v) is 13.1. The van der Waals surface area contributed by atoms with Crippen LogP contribution in [0.2, 0.25) is 0 Å². The first kappa shape index (κ1) is 30.0. The molecule has 3 aromatic carbocycles. The Morgan fingerprint density at radius 1 is 0.902 bits per heavy atom. The number of benzene rings is 3. The van der Waals surface area contributed by atoms with Crippen LogP contribution in [0.1, 0.15) is 71.7 Å². The number of nitrogens with zero attached hydrogens (tertiary/aromatic N) is 3. The van der Waals surface area contributed by atoms with Crippen molar-refractivity contribution < 1.29 is 26.3 Å². The Morgan fingerprint density at radius 2 is 1.54 bits per heavy atom. The van der Waals surface area contributed by atoms with Crippen LogP contribution in [0.4, 0.5) is 26.3 Å². The van der Waals surface area contributed by atoms with E-state index in [-0.39, 0.29) is 24.1 Å². The lowest BCUT2D eigenvalue weighted by molar-refractivity contribution is -0.143. The summed E-state index contributed by atoms with van der Waals surface area (Å²) in [6.07, 6.45) is -8.16. The number of hydrogen-bond acceptors (Lipinski definition) is 4. The van der Waals surface area contributed by atoms with Gasteiger partial charge in [0.25, 0.3) is 0 Å². The van der Waals surface area contributed by atoms with Gasteiger partial charge in [-0.1, -0.05) is 55.8 Å². The number of aryl methyl sites for hydroxylation is 2. The molecule has 0 saturated carbocycles. The second-order valence-electron chi connectivity index (χ2n) is 10.7. The van der Waals surface area contributed by atoms with Gasteiger partial charge in [0, 0.05) is 6.54 Å². The largest absolute Gasteiger partial charge is 0.416 e. The number of aliphatic imine (C=N–C) groups is 1. The van der Waals surface area contributed by atoms with Gasteiger partial charge in [-0.3, -0.25) is 5.32 Å². The molecule has 0 unspecified atom stereocenters.